The van der Waals surface area contributed by atoms with E-state index < -0.39 is 23.3 Å². The Hall–Kier alpha value is -2.77. The molecule has 1 aromatic heterocycles. The molecule has 1 saturated heterocycles. The van der Waals surface area contributed by atoms with Gasteiger partial charge in [-0.05, 0) is 36.2 Å². The molecule has 0 bridgehead atoms. The van der Waals surface area contributed by atoms with Crippen LogP contribution in [-0.2, 0) is 5.54 Å². The third kappa shape index (κ3) is 3.63. The van der Waals surface area contributed by atoms with Crippen molar-refractivity contribution >= 4 is 6.03 Å². The third-order valence-electron chi connectivity index (χ3n) is 5.68. The minimum Gasteiger partial charge on any atom is -0.491 e. The van der Waals surface area contributed by atoms with Gasteiger partial charge in [-0.3, -0.25) is 4.98 Å². The number of likely N-dealkylation sites (tertiary alicyclic amines) is 1. The number of rotatable bonds is 2. The number of benzene rings is 1. The average molecular weight is 405 g/mol. The summed E-state index contributed by atoms with van der Waals surface area (Å²) >= 11 is 0. The fraction of sp³-hybridized carbons (Fsp3) is 0.429. The number of hydrogen-bond acceptors (Lipinski definition) is 3. The van der Waals surface area contributed by atoms with Gasteiger partial charge in [0.1, 0.15) is 22.8 Å². The van der Waals surface area contributed by atoms with Gasteiger partial charge < -0.3 is 15.0 Å². The second-order valence-electron chi connectivity index (χ2n) is 7.59. The molecule has 1 atom stereocenters. The van der Waals surface area contributed by atoms with Crippen molar-refractivity contribution in [3.05, 3.63) is 59.2 Å². The lowest BCUT2D eigenvalue weighted by Gasteiger charge is -2.41. The van der Waals surface area contributed by atoms with E-state index in [0.717, 1.165) is 0 Å². The molecular formula is C21H22F3N3O2. The highest BCUT2D eigenvalue weighted by Crippen LogP contribution is 2.41. The van der Waals surface area contributed by atoms with Crippen LogP contribution in [0.2, 0.25) is 0 Å². The Balaban J connectivity index is 1.72. The Bertz CT molecular complexity index is 927. The molecule has 5 nitrogen and oxygen atoms in total. The van der Waals surface area contributed by atoms with Crippen molar-refractivity contribution in [2.75, 3.05) is 19.7 Å². The lowest BCUT2D eigenvalue weighted by atomic mass is 9.81. The minimum absolute atomic E-state index is 0.0389. The van der Waals surface area contributed by atoms with E-state index in [2.05, 4.69) is 10.3 Å². The maximum Gasteiger partial charge on any atom is 0.318 e. The summed E-state index contributed by atoms with van der Waals surface area (Å²) in [6.07, 6.45) is 1.19. The molecule has 1 N–H and O–H groups in total. The van der Waals surface area contributed by atoms with E-state index in [1.165, 1.54) is 11.0 Å². The van der Waals surface area contributed by atoms with Gasteiger partial charge in [-0.25, -0.2) is 18.0 Å². The number of aromatic nitrogens is 1. The third-order valence-corrected chi connectivity index (χ3v) is 5.68. The number of fused-ring (bicyclic) bond motifs is 1. The van der Waals surface area contributed by atoms with Crippen molar-refractivity contribution in [3.63, 3.8) is 0 Å². The van der Waals surface area contributed by atoms with E-state index >= 15 is 0 Å². The van der Waals surface area contributed by atoms with Crippen molar-refractivity contribution in [3.8, 4) is 5.75 Å². The Morgan fingerprint density at radius 1 is 1.21 bits per heavy atom. The first kappa shape index (κ1) is 19.5. The van der Waals surface area contributed by atoms with Gasteiger partial charge >= 0.3 is 6.03 Å². The molecule has 0 spiro atoms. The lowest BCUT2D eigenvalue weighted by molar-refractivity contribution is -0.0473. The number of amides is 2. The number of carbonyl (C=O) groups is 1. The molecule has 2 aromatic rings. The van der Waals surface area contributed by atoms with Crippen LogP contribution in [0.1, 0.15) is 36.1 Å². The highest BCUT2D eigenvalue weighted by Gasteiger charge is 2.44. The summed E-state index contributed by atoms with van der Waals surface area (Å²) in [6.45, 7) is 1.88. The molecule has 2 aliphatic heterocycles. The Morgan fingerprint density at radius 3 is 2.69 bits per heavy atom. The Morgan fingerprint density at radius 2 is 1.97 bits per heavy atom. The molecule has 2 aliphatic rings. The second kappa shape index (κ2) is 7.24. The minimum atomic E-state index is -2.75. The van der Waals surface area contributed by atoms with Gasteiger partial charge in [-0.15, -0.1) is 0 Å². The number of nitrogens with one attached hydrogen (secondary N) is 1. The van der Waals surface area contributed by atoms with E-state index in [0.29, 0.717) is 35.6 Å². The van der Waals surface area contributed by atoms with Crippen LogP contribution in [0.4, 0.5) is 18.0 Å². The predicted octanol–water partition coefficient (Wildman–Crippen LogP) is 4.00. The van der Waals surface area contributed by atoms with Crippen molar-refractivity contribution in [2.45, 2.75) is 37.6 Å². The Kier molecular flexibility index (Phi) is 4.88. The smallest absolute Gasteiger partial charge is 0.318 e. The number of aryl methyl sites for hydroxylation is 1. The van der Waals surface area contributed by atoms with Crippen molar-refractivity contribution in [1.82, 2.24) is 15.2 Å². The van der Waals surface area contributed by atoms with Gasteiger partial charge in [-0.2, -0.15) is 0 Å². The number of halogens is 3. The summed E-state index contributed by atoms with van der Waals surface area (Å²) in [5.74, 6) is -2.63. The summed E-state index contributed by atoms with van der Waals surface area (Å²) in [6, 6.07) is 7.79. The lowest BCUT2D eigenvalue weighted by Crippen LogP contribution is -2.56. The largest absolute Gasteiger partial charge is 0.491 e. The summed E-state index contributed by atoms with van der Waals surface area (Å²) in [5.41, 5.74) is 0.395. The van der Waals surface area contributed by atoms with Crippen LogP contribution in [0.15, 0.2) is 36.5 Å². The first-order valence-corrected chi connectivity index (χ1v) is 9.61. The van der Waals surface area contributed by atoms with Crippen LogP contribution in [0.5, 0.6) is 5.75 Å². The van der Waals surface area contributed by atoms with Gasteiger partial charge in [0.15, 0.2) is 0 Å². The van der Waals surface area contributed by atoms with Gasteiger partial charge in [0, 0.05) is 38.5 Å². The SMILES string of the molecule is Cc1ccc([C@@]2(NC(=O)N3CCC(F)(F)CC3)CCOc3cccnc32)cc1F. The van der Waals surface area contributed by atoms with Crippen LogP contribution in [0.25, 0.3) is 0 Å². The van der Waals surface area contributed by atoms with Crippen molar-refractivity contribution < 1.29 is 22.7 Å². The summed E-state index contributed by atoms with van der Waals surface area (Å²) in [5, 5.41) is 2.98. The predicted molar refractivity (Wildman–Crippen MR) is 101 cm³/mol. The molecule has 0 unspecified atom stereocenters. The molecule has 1 aromatic carbocycles. The molecule has 3 heterocycles. The van der Waals surface area contributed by atoms with Crippen molar-refractivity contribution in [2.24, 2.45) is 0 Å². The maximum atomic E-state index is 14.4. The number of hydrogen-bond donors (Lipinski definition) is 1. The van der Waals surface area contributed by atoms with Crippen LogP contribution < -0.4 is 10.1 Å². The molecule has 0 radical (unpaired) electrons. The molecule has 0 saturated carbocycles. The second-order valence-corrected chi connectivity index (χ2v) is 7.59. The first-order valence-electron chi connectivity index (χ1n) is 9.61. The van der Waals surface area contributed by atoms with E-state index in [4.69, 9.17) is 4.74 Å². The zero-order valence-electron chi connectivity index (χ0n) is 16.1. The number of ether oxygens (including phenoxy) is 1. The van der Waals surface area contributed by atoms with Crippen molar-refractivity contribution in [1.29, 1.82) is 0 Å². The molecule has 0 aliphatic carbocycles. The molecule has 154 valence electrons. The number of alkyl halides is 2. The molecule has 4 rings (SSSR count). The zero-order chi connectivity index (χ0) is 20.6. The van der Waals surface area contributed by atoms with Gasteiger partial charge in [-0.1, -0.05) is 12.1 Å². The highest BCUT2D eigenvalue weighted by molar-refractivity contribution is 5.76. The summed E-state index contributed by atoms with van der Waals surface area (Å²) < 4.78 is 47.1. The highest BCUT2D eigenvalue weighted by atomic mass is 19.3. The molecule has 8 heteroatoms. The quantitative estimate of drug-likeness (QED) is 0.822. The first-order chi connectivity index (χ1) is 13.8. The zero-order valence-corrected chi connectivity index (χ0v) is 16.1. The maximum absolute atomic E-state index is 14.4. The summed E-state index contributed by atoms with van der Waals surface area (Å²) in [7, 11) is 0. The number of urea groups is 1. The topological polar surface area (TPSA) is 54.5 Å². The number of pyridine rings is 1. The standard InChI is InChI=1S/C21H22F3N3O2/c1-14-4-5-15(13-16(14)22)21(8-12-29-17-3-2-9-25-18(17)21)26-19(28)27-10-6-20(23,24)7-11-27/h2-5,9,13H,6-8,10-12H2,1H3,(H,26,28)/t21-/m0/s1. The molecule has 2 amide bonds. The molecular weight excluding hydrogens is 383 g/mol. The van der Waals surface area contributed by atoms with Crippen LogP contribution >= 0.6 is 0 Å². The Labute approximate surface area is 166 Å². The fourth-order valence-electron chi connectivity index (χ4n) is 3.89. The van der Waals surface area contributed by atoms with E-state index in [1.54, 1.807) is 37.4 Å². The van der Waals surface area contributed by atoms with E-state index in [9.17, 15) is 18.0 Å². The van der Waals surface area contributed by atoms with Gasteiger partial charge in [0.2, 0.25) is 0 Å². The molecule has 29 heavy (non-hydrogen) atoms. The van der Waals surface area contributed by atoms with Gasteiger partial charge in [0.25, 0.3) is 5.92 Å². The monoisotopic (exact) mass is 405 g/mol. The number of carbonyl (C=O) groups excluding carboxylic acids is 1. The molecule has 1 fully saturated rings. The average Bonchev–Trinajstić information content (AvgIpc) is 2.70. The fourth-order valence-corrected chi connectivity index (χ4v) is 3.89. The van der Waals surface area contributed by atoms with Crippen LogP contribution in [0.3, 0.4) is 0 Å². The number of nitrogens with zero attached hydrogens (tertiary/aromatic N) is 2. The van der Waals surface area contributed by atoms with E-state index in [1.807, 2.05) is 0 Å². The van der Waals surface area contributed by atoms with Crippen LogP contribution in [-0.4, -0.2) is 41.5 Å². The van der Waals surface area contributed by atoms with Crippen LogP contribution in [0, 0.1) is 12.7 Å². The summed E-state index contributed by atoms with van der Waals surface area (Å²) in [4.78, 5) is 18.8. The van der Waals surface area contributed by atoms with Gasteiger partial charge in [0.05, 0.1) is 6.61 Å². The normalized spacial score (nSPS) is 23.1. The van der Waals surface area contributed by atoms with E-state index in [-0.39, 0.29) is 25.9 Å². The number of piperidine rings is 1.